The Balaban J connectivity index is 1.81. The van der Waals surface area contributed by atoms with E-state index >= 15 is 0 Å². The molecule has 29 heavy (non-hydrogen) atoms. The van der Waals surface area contributed by atoms with Crippen molar-refractivity contribution in [2.75, 3.05) is 11.4 Å². The molecule has 2 unspecified atom stereocenters. The number of anilines is 1. The number of methoxy groups -OCH3 is 1. The summed E-state index contributed by atoms with van der Waals surface area (Å²) in [5.74, 6) is 0.623. The third-order valence-corrected chi connectivity index (χ3v) is 7.19. The minimum Gasteiger partial charge on any atom is -0.497 e. The van der Waals surface area contributed by atoms with Crippen molar-refractivity contribution >= 4 is 21.4 Å². The Morgan fingerprint density at radius 1 is 0.897 bits per heavy atom. The zero-order valence-corrected chi connectivity index (χ0v) is 16.3. The van der Waals surface area contributed by atoms with Gasteiger partial charge in [0.25, 0.3) is 5.69 Å². The maximum Gasteiger partial charge on any atom is 0.269 e. The second-order valence-corrected chi connectivity index (χ2v) is 8.59. The van der Waals surface area contributed by atoms with E-state index in [4.69, 9.17) is 4.74 Å². The lowest BCUT2D eigenvalue weighted by molar-refractivity contribution is -0.384. The summed E-state index contributed by atoms with van der Waals surface area (Å²) in [6.07, 6.45) is 0. The van der Waals surface area contributed by atoms with Crippen molar-refractivity contribution in [2.24, 2.45) is 0 Å². The fourth-order valence-corrected chi connectivity index (χ4v) is 5.77. The molecular formula is C21H18N2O5S. The van der Waals surface area contributed by atoms with Gasteiger partial charge in [-0.25, -0.2) is 8.42 Å². The quantitative estimate of drug-likeness (QED) is 0.464. The molecule has 0 amide bonds. The Kier molecular flexibility index (Phi) is 4.71. The van der Waals surface area contributed by atoms with Gasteiger partial charge in [0, 0.05) is 12.1 Å². The van der Waals surface area contributed by atoms with Crippen LogP contribution in [0.1, 0.15) is 22.4 Å². The first-order valence-electron chi connectivity index (χ1n) is 8.90. The second-order valence-electron chi connectivity index (χ2n) is 6.66. The van der Waals surface area contributed by atoms with Gasteiger partial charge in [0.05, 0.1) is 23.8 Å². The lowest BCUT2D eigenvalue weighted by Crippen LogP contribution is -2.53. The first-order chi connectivity index (χ1) is 13.9. The Morgan fingerprint density at radius 3 is 2.07 bits per heavy atom. The Morgan fingerprint density at radius 2 is 1.52 bits per heavy atom. The number of nitro groups is 1. The Hall–Kier alpha value is -3.39. The van der Waals surface area contributed by atoms with E-state index in [-0.39, 0.29) is 5.69 Å². The molecule has 0 saturated carbocycles. The lowest BCUT2D eigenvalue weighted by atomic mass is 9.96. The molecule has 1 saturated heterocycles. The van der Waals surface area contributed by atoms with Crippen molar-refractivity contribution in [3.63, 3.8) is 0 Å². The molecule has 1 fully saturated rings. The third kappa shape index (κ3) is 3.21. The number of ether oxygens (including phenoxy) is 1. The van der Waals surface area contributed by atoms with E-state index in [1.54, 1.807) is 67.8 Å². The van der Waals surface area contributed by atoms with Gasteiger partial charge in [-0.3, -0.25) is 14.4 Å². The third-order valence-electron chi connectivity index (χ3n) is 5.03. The summed E-state index contributed by atoms with van der Waals surface area (Å²) in [6.45, 7) is 0. The number of sulfonamides is 1. The average Bonchev–Trinajstić information content (AvgIpc) is 2.73. The van der Waals surface area contributed by atoms with Gasteiger partial charge in [0.15, 0.2) is 0 Å². The van der Waals surface area contributed by atoms with Crippen LogP contribution in [0, 0.1) is 10.1 Å². The maximum absolute atomic E-state index is 13.2. The maximum atomic E-state index is 13.2. The molecule has 0 aliphatic carbocycles. The molecule has 0 aromatic heterocycles. The van der Waals surface area contributed by atoms with E-state index in [9.17, 15) is 18.5 Å². The van der Waals surface area contributed by atoms with Gasteiger partial charge in [0.2, 0.25) is 10.0 Å². The van der Waals surface area contributed by atoms with E-state index in [0.717, 1.165) is 0 Å². The van der Waals surface area contributed by atoms with Crippen LogP contribution >= 0.6 is 0 Å². The average molecular weight is 410 g/mol. The van der Waals surface area contributed by atoms with Crippen LogP contribution in [0.15, 0.2) is 78.9 Å². The molecule has 0 radical (unpaired) electrons. The molecule has 1 aliphatic rings. The normalized spacial score (nSPS) is 20.0. The number of nitro benzene ring substituents is 1. The summed E-state index contributed by atoms with van der Waals surface area (Å²) in [5.41, 5.74) is 1.85. The van der Waals surface area contributed by atoms with Crippen LogP contribution in [0.3, 0.4) is 0 Å². The lowest BCUT2D eigenvalue weighted by Gasteiger charge is -2.48. The van der Waals surface area contributed by atoms with Gasteiger partial charge >= 0.3 is 0 Å². The minimum absolute atomic E-state index is 0.0387. The molecule has 2 atom stereocenters. The van der Waals surface area contributed by atoms with Gasteiger partial charge < -0.3 is 4.74 Å². The summed E-state index contributed by atoms with van der Waals surface area (Å²) in [4.78, 5) is 10.5. The summed E-state index contributed by atoms with van der Waals surface area (Å²) < 4.78 is 33.0. The summed E-state index contributed by atoms with van der Waals surface area (Å²) in [7, 11) is -2.11. The fourth-order valence-electron chi connectivity index (χ4n) is 3.64. The highest BCUT2D eigenvalue weighted by molar-refractivity contribution is 7.94. The topological polar surface area (TPSA) is 89.8 Å². The SMILES string of the molecule is COc1ccc(N2C(c3ccc([N+](=O)[O-])cc3)C(c3ccccc3)S2(=O)=O)cc1. The van der Waals surface area contributed by atoms with Crippen LogP contribution in [0.2, 0.25) is 0 Å². The van der Waals surface area contributed by atoms with E-state index in [0.29, 0.717) is 22.6 Å². The predicted molar refractivity (Wildman–Crippen MR) is 109 cm³/mol. The van der Waals surface area contributed by atoms with Crippen molar-refractivity contribution in [3.8, 4) is 5.75 Å². The zero-order chi connectivity index (χ0) is 20.6. The first-order valence-corrected chi connectivity index (χ1v) is 10.4. The number of hydrogen-bond donors (Lipinski definition) is 0. The predicted octanol–water partition coefficient (Wildman–Crippen LogP) is 4.24. The molecule has 3 aromatic rings. The van der Waals surface area contributed by atoms with Gasteiger partial charge in [0.1, 0.15) is 11.0 Å². The van der Waals surface area contributed by atoms with Crippen LogP contribution in [0.25, 0.3) is 0 Å². The van der Waals surface area contributed by atoms with Crippen molar-refractivity contribution < 1.29 is 18.1 Å². The van der Waals surface area contributed by atoms with Crippen LogP contribution in [-0.4, -0.2) is 20.5 Å². The molecular weight excluding hydrogens is 392 g/mol. The molecule has 0 spiro atoms. The van der Waals surface area contributed by atoms with E-state index in [1.807, 2.05) is 6.07 Å². The fraction of sp³-hybridized carbons (Fsp3) is 0.143. The molecule has 0 bridgehead atoms. The van der Waals surface area contributed by atoms with E-state index in [2.05, 4.69) is 0 Å². The van der Waals surface area contributed by atoms with Crippen molar-refractivity contribution in [3.05, 3.63) is 100 Å². The summed E-state index contributed by atoms with van der Waals surface area (Å²) >= 11 is 0. The van der Waals surface area contributed by atoms with Crippen molar-refractivity contribution in [1.82, 2.24) is 0 Å². The molecule has 1 heterocycles. The Bertz CT molecular complexity index is 1130. The number of hydrogen-bond acceptors (Lipinski definition) is 5. The number of benzene rings is 3. The van der Waals surface area contributed by atoms with Crippen LogP contribution in [-0.2, 0) is 10.0 Å². The smallest absolute Gasteiger partial charge is 0.269 e. The van der Waals surface area contributed by atoms with Crippen LogP contribution in [0.4, 0.5) is 11.4 Å². The standard InChI is InChI=1S/C21H18N2O5S/c1-28-19-13-11-17(12-14-19)22-20(15-7-9-18(10-8-15)23(24)25)21(29(22,26)27)16-5-3-2-4-6-16/h2-14,20-21H,1H3. The molecule has 3 aromatic carbocycles. The summed E-state index contributed by atoms with van der Waals surface area (Å²) in [6, 6.07) is 21.3. The highest BCUT2D eigenvalue weighted by Gasteiger charge is 2.55. The number of non-ortho nitro benzene ring substituents is 1. The van der Waals surface area contributed by atoms with Crippen LogP contribution in [0.5, 0.6) is 5.75 Å². The largest absolute Gasteiger partial charge is 0.497 e. The van der Waals surface area contributed by atoms with Crippen LogP contribution < -0.4 is 9.04 Å². The van der Waals surface area contributed by atoms with Gasteiger partial charge in [-0.15, -0.1) is 0 Å². The highest BCUT2D eigenvalue weighted by atomic mass is 32.2. The van der Waals surface area contributed by atoms with E-state index < -0.39 is 26.2 Å². The Labute approximate surface area is 168 Å². The number of nitrogens with zero attached hydrogens (tertiary/aromatic N) is 2. The molecule has 148 valence electrons. The molecule has 4 rings (SSSR count). The zero-order valence-electron chi connectivity index (χ0n) is 15.5. The molecule has 8 heteroatoms. The van der Waals surface area contributed by atoms with Gasteiger partial charge in [-0.05, 0) is 35.4 Å². The minimum atomic E-state index is -3.65. The number of rotatable bonds is 5. The molecule has 7 nitrogen and oxygen atoms in total. The van der Waals surface area contributed by atoms with Gasteiger partial charge in [-0.2, -0.15) is 0 Å². The highest BCUT2D eigenvalue weighted by Crippen LogP contribution is 2.54. The summed E-state index contributed by atoms with van der Waals surface area (Å²) in [5, 5.41) is 10.2. The molecule has 1 aliphatic heterocycles. The monoisotopic (exact) mass is 410 g/mol. The molecule has 0 N–H and O–H groups in total. The van der Waals surface area contributed by atoms with Gasteiger partial charge in [-0.1, -0.05) is 42.5 Å². The van der Waals surface area contributed by atoms with E-state index in [1.165, 1.54) is 16.4 Å². The second kappa shape index (κ2) is 7.21. The van der Waals surface area contributed by atoms with Crippen molar-refractivity contribution in [1.29, 1.82) is 0 Å². The first kappa shape index (κ1) is 18.9. The van der Waals surface area contributed by atoms with Crippen molar-refractivity contribution in [2.45, 2.75) is 11.3 Å².